The third-order valence-corrected chi connectivity index (χ3v) is 3.69. The summed E-state index contributed by atoms with van der Waals surface area (Å²) in [5.41, 5.74) is 0. The number of nitrogens with one attached hydrogen (secondary N) is 2. The summed E-state index contributed by atoms with van der Waals surface area (Å²) in [5, 5.41) is 19.2. The lowest BCUT2D eigenvalue weighted by Crippen LogP contribution is -2.42. The molecule has 22 heavy (non-hydrogen) atoms. The molecule has 0 fully saturated rings. The van der Waals surface area contributed by atoms with Crippen LogP contribution in [-0.2, 0) is 6.42 Å². The Kier molecular flexibility index (Phi) is 7.87. The largest absolute Gasteiger partial charge is 0.391 e. The summed E-state index contributed by atoms with van der Waals surface area (Å²) >= 11 is 0. The van der Waals surface area contributed by atoms with Gasteiger partial charge in [-0.2, -0.15) is 4.98 Å². The van der Waals surface area contributed by atoms with E-state index in [1.165, 1.54) is 0 Å². The highest BCUT2D eigenvalue weighted by Gasteiger charge is 2.16. The van der Waals surface area contributed by atoms with E-state index in [0.717, 1.165) is 12.8 Å². The van der Waals surface area contributed by atoms with Crippen LogP contribution < -0.4 is 10.6 Å². The fourth-order valence-electron chi connectivity index (χ4n) is 2.15. The highest BCUT2D eigenvalue weighted by atomic mass is 16.5. The first-order chi connectivity index (χ1) is 10.5. The van der Waals surface area contributed by atoms with Gasteiger partial charge in [-0.25, -0.2) is 4.79 Å². The van der Waals surface area contributed by atoms with E-state index >= 15 is 0 Å². The molecule has 2 amide bonds. The molecule has 0 spiro atoms. The van der Waals surface area contributed by atoms with Crippen LogP contribution in [0.3, 0.4) is 0 Å². The van der Waals surface area contributed by atoms with Crippen molar-refractivity contribution >= 4 is 6.03 Å². The van der Waals surface area contributed by atoms with Crippen molar-refractivity contribution in [1.82, 2.24) is 20.8 Å². The van der Waals surface area contributed by atoms with Gasteiger partial charge in [-0.3, -0.25) is 0 Å². The van der Waals surface area contributed by atoms with E-state index in [2.05, 4.69) is 20.8 Å². The van der Waals surface area contributed by atoms with Crippen molar-refractivity contribution in [3.8, 4) is 0 Å². The van der Waals surface area contributed by atoms with Gasteiger partial charge in [-0.1, -0.05) is 45.7 Å². The average molecular weight is 312 g/mol. The van der Waals surface area contributed by atoms with Crippen molar-refractivity contribution < 1.29 is 14.4 Å². The molecular weight excluding hydrogens is 284 g/mol. The second-order valence-corrected chi connectivity index (χ2v) is 5.73. The maximum Gasteiger partial charge on any atom is 0.314 e. The van der Waals surface area contributed by atoms with Gasteiger partial charge in [0.05, 0.1) is 6.10 Å². The van der Waals surface area contributed by atoms with Gasteiger partial charge in [0.1, 0.15) is 0 Å². The van der Waals surface area contributed by atoms with Gasteiger partial charge in [-0.05, 0) is 5.92 Å². The van der Waals surface area contributed by atoms with Crippen molar-refractivity contribution in [3.05, 3.63) is 11.7 Å². The minimum atomic E-state index is -0.509. The summed E-state index contributed by atoms with van der Waals surface area (Å²) in [5.74, 6) is 1.63. The number of carbonyl (C=O) groups is 1. The number of carbonyl (C=O) groups excluding carboxylic acids is 1. The summed E-state index contributed by atoms with van der Waals surface area (Å²) in [6.45, 7) is 8.72. The number of amides is 2. The number of hydrogen-bond acceptors (Lipinski definition) is 5. The smallest absolute Gasteiger partial charge is 0.314 e. The van der Waals surface area contributed by atoms with Crippen LogP contribution in [0.5, 0.6) is 0 Å². The zero-order chi connectivity index (χ0) is 16.5. The van der Waals surface area contributed by atoms with Crippen LogP contribution in [0, 0.1) is 5.92 Å². The summed E-state index contributed by atoms with van der Waals surface area (Å²) in [6, 6.07) is -0.298. The first kappa shape index (κ1) is 18.4. The first-order valence-corrected chi connectivity index (χ1v) is 8.00. The Hall–Kier alpha value is -1.63. The maximum absolute atomic E-state index is 11.7. The first-order valence-electron chi connectivity index (χ1n) is 8.00. The summed E-state index contributed by atoms with van der Waals surface area (Å²) in [6.07, 6.45) is 1.78. The van der Waals surface area contributed by atoms with E-state index in [-0.39, 0.29) is 24.4 Å². The van der Waals surface area contributed by atoms with Crippen LogP contribution in [-0.4, -0.2) is 40.5 Å². The summed E-state index contributed by atoms with van der Waals surface area (Å²) in [4.78, 5) is 15.9. The number of nitrogens with zero attached hydrogens (tertiary/aromatic N) is 2. The normalized spacial score (nSPS) is 12.7. The standard InChI is InChI=1S/C15H28N4O3/c1-5-11(6-2)12(20)9-17-15(21)16-8-7-13-18-14(10(3)4)19-22-13/h10-12,20H,5-9H2,1-4H3,(H2,16,17,21). The number of aliphatic hydroxyl groups is 1. The Labute approximate surface area is 131 Å². The van der Waals surface area contributed by atoms with Gasteiger partial charge in [0.15, 0.2) is 5.82 Å². The van der Waals surface area contributed by atoms with Gasteiger partial charge < -0.3 is 20.3 Å². The predicted molar refractivity (Wildman–Crippen MR) is 83.6 cm³/mol. The van der Waals surface area contributed by atoms with Gasteiger partial charge in [0.2, 0.25) is 5.89 Å². The topological polar surface area (TPSA) is 100 Å². The second kappa shape index (κ2) is 9.40. The van der Waals surface area contributed by atoms with E-state index in [1.807, 2.05) is 27.7 Å². The van der Waals surface area contributed by atoms with Crippen molar-refractivity contribution in [2.24, 2.45) is 5.92 Å². The van der Waals surface area contributed by atoms with Crippen molar-refractivity contribution in [2.75, 3.05) is 13.1 Å². The fourth-order valence-corrected chi connectivity index (χ4v) is 2.15. The zero-order valence-electron chi connectivity index (χ0n) is 13.9. The molecule has 0 saturated carbocycles. The molecule has 7 heteroatoms. The molecule has 0 radical (unpaired) electrons. The third-order valence-electron chi connectivity index (χ3n) is 3.69. The molecule has 0 bridgehead atoms. The van der Waals surface area contributed by atoms with Crippen molar-refractivity contribution in [1.29, 1.82) is 0 Å². The lowest BCUT2D eigenvalue weighted by molar-refractivity contribution is 0.103. The Bertz CT molecular complexity index is 444. The number of hydrogen-bond donors (Lipinski definition) is 3. The monoisotopic (exact) mass is 312 g/mol. The Morgan fingerprint density at radius 2 is 1.95 bits per heavy atom. The lowest BCUT2D eigenvalue weighted by Gasteiger charge is -2.20. The Morgan fingerprint density at radius 1 is 1.27 bits per heavy atom. The van der Waals surface area contributed by atoms with E-state index in [1.54, 1.807) is 0 Å². The SMILES string of the molecule is CCC(CC)C(O)CNC(=O)NCCc1nc(C(C)C)no1. The molecule has 1 unspecified atom stereocenters. The van der Waals surface area contributed by atoms with Crippen LogP contribution in [0.25, 0.3) is 0 Å². The molecule has 1 rings (SSSR count). The van der Waals surface area contributed by atoms with Crippen LogP contribution in [0.1, 0.15) is 58.2 Å². The second-order valence-electron chi connectivity index (χ2n) is 5.73. The molecule has 7 nitrogen and oxygen atoms in total. The van der Waals surface area contributed by atoms with Crippen LogP contribution in [0.4, 0.5) is 4.79 Å². The predicted octanol–water partition coefficient (Wildman–Crippen LogP) is 1.83. The number of urea groups is 1. The quantitative estimate of drug-likeness (QED) is 0.646. The molecule has 0 saturated heterocycles. The lowest BCUT2D eigenvalue weighted by atomic mass is 9.97. The molecule has 1 atom stereocenters. The molecule has 0 aliphatic carbocycles. The highest BCUT2D eigenvalue weighted by Crippen LogP contribution is 2.12. The number of aromatic nitrogens is 2. The summed E-state index contributed by atoms with van der Waals surface area (Å²) in [7, 11) is 0. The molecule has 1 aromatic rings. The van der Waals surface area contributed by atoms with Gasteiger partial charge in [0, 0.05) is 25.4 Å². The Morgan fingerprint density at radius 3 is 2.50 bits per heavy atom. The van der Waals surface area contributed by atoms with Crippen LogP contribution >= 0.6 is 0 Å². The van der Waals surface area contributed by atoms with Crippen molar-refractivity contribution in [3.63, 3.8) is 0 Å². The average Bonchev–Trinajstić information content (AvgIpc) is 2.95. The van der Waals surface area contributed by atoms with Gasteiger partial charge >= 0.3 is 6.03 Å². The maximum atomic E-state index is 11.7. The highest BCUT2D eigenvalue weighted by molar-refractivity contribution is 5.73. The minimum Gasteiger partial charge on any atom is -0.391 e. The van der Waals surface area contributed by atoms with E-state index in [4.69, 9.17) is 4.52 Å². The molecule has 3 N–H and O–H groups in total. The molecule has 1 heterocycles. The third kappa shape index (κ3) is 6.01. The van der Waals surface area contributed by atoms with Crippen LogP contribution in [0.2, 0.25) is 0 Å². The molecule has 0 aromatic carbocycles. The molecule has 0 aliphatic rings. The van der Waals surface area contributed by atoms with Gasteiger partial charge in [-0.15, -0.1) is 0 Å². The number of rotatable bonds is 9. The molecular formula is C15H28N4O3. The van der Waals surface area contributed by atoms with E-state index < -0.39 is 6.10 Å². The summed E-state index contributed by atoms with van der Waals surface area (Å²) < 4.78 is 5.09. The number of aliphatic hydroxyl groups excluding tert-OH is 1. The minimum absolute atomic E-state index is 0.216. The molecule has 1 aromatic heterocycles. The van der Waals surface area contributed by atoms with Crippen LogP contribution in [0.15, 0.2) is 4.52 Å². The van der Waals surface area contributed by atoms with E-state index in [0.29, 0.717) is 24.7 Å². The Balaban J connectivity index is 2.22. The van der Waals surface area contributed by atoms with Crippen molar-refractivity contribution in [2.45, 2.75) is 59.0 Å². The fraction of sp³-hybridized carbons (Fsp3) is 0.800. The zero-order valence-corrected chi connectivity index (χ0v) is 13.9. The molecule has 0 aliphatic heterocycles. The van der Waals surface area contributed by atoms with Gasteiger partial charge in [0.25, 0.3) is 0 Å². The van der Waals surface area contributed by atoms with E-state index in [9.17, 15) is 9.90 Å². The molecule has 126 valence electrons.